The SMILES string of the molecule is Nc1c(-c2nc(Nc3ccccc3)nc(N(CCCO)CCCO)n2)ccc(C=Cc2ccc(Nc3ccccc3)cc2S(=O)(=O)O)c1S(=O)(=O)O. The molecule has 0 unspecified atom stereocenters. The lowest BCUT2D eigenvalue weighted by Gasteiger charge is -2.23. The summed E-state index contributed by atoms with van der Waals surface area (Å²) in [7, 11) is -9.73. The third-order valence-corrected chi connectivity index (χ3v) is 9.51. The number of hydrogen-bond acceptors (Lipinski definition) is 13. The number of anilines is 6. The number of aromatic nitrogens is 3. The second kappa shape index (κ2) is 16.7. The molecule has 1 aromatic heterocycles. The van der Waals surface area contributed by atoms with E-state index in [0.717, 1.165) is 0 Å². The predicted octanol–water partition coefficient (Wildman–Crippen LogP) is 4.84. The van der Waals surface area contributed by atoms with Gasteiger partial charge in [0.1, 0.15) is 9.79 Å². The molecule has 272 valence electrons. The highest BCUT2D eigenvalue weighted by molar-refractivity contribution is 7.86. The fourth-order valence-corrected chi connectivity index (χ4v) is 6.77. The Hall–Kier alpha value is -5.43. The minimum atomic E-state index is -4.99. The van der Waals surface area contributed by atoms with Gasteiger partial charge in [-0.1, -0.05) is 60.7 Å². The number of nitrogens with one attached hydrogen (secondary N) is 2. The number of hydrogen-bond donors (Lipinski definition) is 7. The first-order valence-corrected chi connectivity index (χ1v) is 18.8. The van der Waals surface area contributed by atoms with Crippen LogP contribution in [-0.4, -0.2) is 77.4 Å². The van der Waals surface area contributed by atoms with Crippen molar-refractivity contribution in [3.63, 3.8) is 0 Å². The van der Waals surface area contributed by atoms with Crippen LogP contribution in [0.1, 0.15) is 24.0 Å². The smallest absolute Gasteiger partial charge is 0.297 e. The largest absolute Gasteiger partial charge is 0.397 e. The number of aliphatic hydroxyl groups is 2. The molecule has 0 aliphatic carbocycles. The van der Waals surface area contributed by atoms with Gasteiger partial charge in [0.25, 0.3) is 20.2 Å². The van der Waals surface area contributed by atoms with Gasteiger partial charge >= 0.3 is 0 Å². The molecule has 4 aromatic carbocycles. The van der Waals surface area contributed by atoms with Gasteiger partial charge in [-0.05, 0) is 66.4 Å². The lowest BCUT2D eigenvalue weighted by Crippen LogP contribution is -2.29. The van der Waals surface area contributed by atoms with Gasteiger partial charge in [-0.25, -0.2) is 0 Å². The standard InChI is InChI=1S/C35H37N7O8S2/c36-31-29(33-39-34(38-27-11-5-2-6-12-27)41-35(40-33)42(19-7-21-43)20-8-22-44)18-16-25(32(31)52(48,49)50)14-13-24-15-17-28(23-30(24)51(45,46)47)37-26-9-3-1-4-10-26/h1-6,9-18,23,37,43-44H,7-8,19-22,36H2,(H,45,46,47)(H,48,49,50)(H,38,39,40,41). The molecule has 52 heavy (non-hydrogen) atoms. The number of rotatable bonds is 16. The molecule has 5 aromatic rings. The zero-order chi connectivity index (χ0) is 37.3. The van der Waals surface area contributed by atoms with Crippen molar-refractivity contribution in [1.29, 1.82) is 0 Å². The van der Waals surface area contributed by atoms with Crippen molar-refractivity contribution in [2.24, 2.45) is 0 Å². The van der Waals surface area contributed by atoms with E-state index in [1.165, 1.54) is 36.4 Å². The molecule has 0 fully saturated rings. The summed E-state index contributed by atoms with van der Waals surface area (Å²) in [5.41, 5.74) is 7.68. The van der Waals surface area contributed by atoms with E-state index in [1.54, 1.807) is 59.5 Å². The van der Waals surface area contributed by atoms with E-state index in [0.29, 0.717) is 43.0 Å². The van der Waals surface area contributed by atoms with E-state index in [9.17, 15) is 36.2 Å². The molecule has 0 amide bonds. The van der Waals surface area contributed by atoms with Crippen molar-refractivity contribution < 1.29 is 36.2 Å². The van der Waals surface area contributed by atoms with E-state index >= 15 is 0 Å². The second-order valence-electron chi connectivity index (χ2n) is 11.4. The van der Waals surface area contributed by atoms with E-state index in [4.69, 9.17) is 5.73 Å². The second-order valence-corrected chi connectivity index (χ2v) is 14.1. The van der Waals surface area contributed by atoms with E-state index in [2.05, 4.69) is 25.6 Å². The molecule has 0 bridgehead atoms. The Kier molecular flexibility index (Phi) is 12.2. The van der Waals surface area contributed by atoms with Crippen molar-refractivity contribution in [3.05, 3.63) is 102 Å². The van der Waals surface area contributed by atoms with Crippen LogP contribution < -0.4 is 21.3 Å². The fourth-order valence-electron chi connectivity index (χ4n) is 5.24. The van der Waals surface area contributed by atoms with Gasteiger partial charge in [-0.2, -0.15) is 31.8 Å². The molecule has 1 heterocycles. The Morgan fingerprint density at radius 1 is 0.673 bits per heavy atom. The van der Waals surface area contributed by atoms with Gasteiger partial charge in [0, 0.05) is 48.9 Å². The molecule has 0 atom stereocenters. The first kappa shape index (κ1) is 37.8. The van der Waals surface area contributed by atoms with Crippen LogP contribution in [-0.2, 0) is 20.2 Å². The Morgan fingerprint density at radius 2 is 1.25 bits per heavy atom. The van der Waals surface area contributed by atoms with E-state index in [-0.39, 0.29) is 47.6 Å². The zero-order valence-corrected chi connectivity index (χ0v) is 29.3. The molecular formula is C35H37N7O8S2. The number of nitrogens with two attached hydrogens (primary N) is 1. The van der Waals surface area contributed by atoms with Crippen molar-refractivity contribution >= 4 is 67.0 Å². The zero-order valence-electron chi connectivity index (χ0n) is 27.7. The van der Waals surface area contributed by atoms with Crippen LogP contribution >= 0.6 is 0 Å². The molecular weight excluding hydrogens is 711 g/mol. The lowest BCUT2D eigenvalue weighted by atomic mass is 10.1. The highest BCUT2D eigenvalue weighted by atomic mass is 32.2. The van der Waals surface area contributed by atoms with Gasteiger partial charge in [0.2, 0.25) is 11.9 Å². The molecule has 8 N–H and O–H groups in total. The molecule has 17 heteroatoms. The average molecular weight is 748 g/mol. The first-order chi connectivity index (χ1) is 24.9. The maximum Gasteiger partial charge on any atom is 0.297 e. The number of para-hydroxylation sites is 2. The summed E-state index contributed by atoms with van der Waals surface area (Å²) in [5.74, 6) is 0.198. The van der Waals surface area contributed by atoms with Gasteiger partial charge in [0.15, 0.2) is 5.82 Å². The van der Waals surface area contributed by atoms with Gasteiger partial charge in [-0.15, -0.1) is 0 Å². The normalized spacial score (nSPS) is 11.8. The first-order valence-electron chi connectivity index (χ1n) is 15.9. The van der Waals surface area contributed by atoms with E-state index < -0.39 is 35.7 Å². The van der Waals surface area contributed by atoms with Gasteiger partial charge < -0.3 is 31.5 Å². The number of aliphatic hydroxyl groups excluding tert-OH is 2. The lowest BCUT2D eigenvalue weighted by molar-refractivity contribution is 0.281. The summed E-state index contributed by atoms with van der Waals surface area (Å²) < 4.78 is 70.7. The Balaban J connectivity index is 1.59. The van der Waals surface area contributed by atoms with Crippen LogP contribution in [0.4, 0.5) is 34.6 Å². The van der Waals surface area contributed by atoms with Crippen molar-refractivity contribution in [1.82, 2.24) is 15.0 Å². The molecule has 15 nitrogen and oxygen atoms in total. The average Bonchev–Trinajstić information content (AvgIpc) is 3.11. The van der Waals surface area contributed by atoms with Gasteiger partial charge in [-0.3, -0.25) is 9.11 Å². The Labute approximate surface area is 301 Å². The van der Waals surface area contributed by atoms with Crippen molar-refractivity contribution in [2.45, 2.75) is 22.6 Å². The Bertz CT molecular complexity index is 2250. The highest BCUT2D eigenvalue weighted by Crippen LogP contribution is 2.35. The van der Waals surface area contributed by atoms with Crippen LogP contribution in [0.3, 0.4) is 0 Å². The maximum atomic E-state index is 12.8. The molecule has 0 aliphatic rings. The third kappa shape index (κ3) is 9.66. The molecule has 0 saturated carbocycles. The minimum Gasteiger partial charge on any atom is -0.397 e. The summed E-state index contributed by atoms with van der Waals surface area (Å²) in [5, 5.41) is 25.1. The fraction of sp³-hybridized carbons (Fsp3) is 0.171. The molecule has 0 radical (unpaired) electrons. The van der Waals surface area contributed by atoms with Crippen LogP contribution in [0, 0.1) is 0 Å². The van der Waals surface area contributed by atoms with Crippen LogP contribution in [0.15, 0.2) is 101 Å². The summed E-state index contributed by atoms with van der Waals surface area (Å²) >= 11 is 0. The predicted molar refractivity (Wildman–Crippen MR) is 200 cm³/mol. The van der Waals surface area contributed by atoms with Crippen molar-refractivity contribution in [3.8, 4) is 11.4 Å². The summed E-state index contributed by atoms with van der Waals surface area (Å²) in [6, 6.07) is 25.0. The monoisotopic (exact) mass is 747 g/mol. The summed E-state index contributed by atoms with van der Waals surface area (Å²) in [6.45, 7) is 0.440. The highest BCUT2D eigenvalue weighted by Gasteiger charge is 2.24. The maximum absolute atomic E-state index is 12.8. The quantitative estimate of drug-likeness (QED) is 0.0406. The summed E-state index contributed by atoms with van der Waals surface area (Å²) in [6.07, 6.45) is 3.25. The van der Waals surface area contributed by atoms with Crippen LogP contribution in [0.5, 0.6) is 0 Å². The molecule has 5 rings (SSSR count). The van der Waals surface area contributed by atoms with Gasteiger partial charge in [0.05, 0.1) is 5.69 Å². The Morgan fingerprint density at radius 3 is 1.83 bits per heavy atom. The number of benzene rings is 4. The topological polar surface area (TPSA) is 241 Å². The minimum absolute atomic E-state index is 0.0228. The third-order valence-electron chi connectivity index (χ3n) is 7.63. The van der Waals surface area contributed by atoms with Crippen LogP contribution in [0.25, 0.3) is 23.5 Å². The molecule has 0 spiro atoms. The molecule has 0 aliphatic heterocycles. The summed E-state index contributed by atoms with van der Waals surface area (Å²) in [4.78, 5) is 14.2. The van der Waals surface area contributed by atoms with Crippen molar-refractivity contribution in [2.75, 3.05) is 47.6 Å². The molecule has 0 saturated heterocycles. The number of nitrogen functional groups attached to an aromatic ring is 1. The van der Waals surface area contributed by atoms with E-state index in [1.807, 2.05) is 12.1 Å². The number of nitrogens with zero attached hydrogens (tertiary/aromatic N) is 4. The van der Waals surface area contributed by atoms with Crippen LogP contribution in [0.2, 0.25) is 0 Å².